The van der Waals surface area contributed by atoms with Crippen LogP contribution in [-0.4, -0.2) is 42.4 Å². The Balaban J connectivity index is 1.26. The highest BCUT2D eigenvalue weighted by Crippen LogP contribution is 2.30. The van der Waals surface area contributed by atoms with Gasteiger partial charge in [0.05, 0.1) is 0 Å². The lowest BCUT2D eigenvalue weighted by Crippen LogP contribution is -2.39. The van der Waals surface area contributed by atoms with Crippen molar-refractivity contribution in [1.29, 1.82) is 0 Å². The van der Waals surface area contributed by atoms with Gasteiger partial charge in [0.1, 0.15) is 0 Å². The van der Waals surface area contributed by atoms with E-state index in [0.717, 1.165) is 61.6 Å². The van der Waals surface area contributed by atoms with Crippen LogP contribution in [0.4, 0.5) is 0 Å². The van der Waals surface area contributed by atoms with E-state index < -0.39 is 0 Å². The van der Waals surface area contributed by atoms with Gasteiger partial charge in [-0.3, -0.25) is 9.59 Å². The van der Waals surface area contributed by atoms with Crippen LogP contribution in [0.5, 0.6) is 0 Å². The lowest BCUT2D eigenvalue weighted by Gasteiger charge is -2.32. The van der Waals surface area contributed by atoms with Gasteiger partial charge in [-0.15, -0.1) is 0 Å². The van der Waals surface area contributed by atoms with Gasteiger partial charge in [0, 0.05) is 30.3 Å². The number of nitrogens with one attached hydrogen (secondary N) is 2. The molecule has 1 saturated carbocycles. The first-order chi connectivity index (χ1) is 17.6. The van der Waals surface area contributed by atoms with Gasteiger partial charge in [0.2, 0.25) is 0 Å². The van der Waals surface area contributed by atoms with Crippen LogP contribution in [0.15, 0.2) is 66.8 Å². The quantitative estimate of drug-likeness (QED) is 0.431. The van der Waals surface area contributed by atoms with E-state index >= 15 is 0 Å². The summed E-state index contributed by atoms with van der Waals surface area (Å²) in [5, 5.41) is 6.10. The Bertz CT molecular complexity index is 1090. The Morgan fingerprint density at radius 3 is 2.28 bits per heavy atom. The molecule has 190 valence electrons. The molecule has 5 nitrogen and oxygen atoms in total. The molecule has 1 heterocycles. The highest BCUT2D eigenvalue weighted by atomic mass is 16.2. The van der Waals surface area contributed by atoms with Crippen molar-refractivity contribution in [2.75, 3.05) is 19.6 Å². The van der Waals surface area contributed by atoms with Crippen molar-refractivity contribution >= 4 is 17.4 Å². The first-order valence-electron chi connectivity index (χ1n) is 13.4. The molecule has 2 aromatic carbocycles. The third-order valence-corrected chi connectivity index (χ3v) is 7.16. The predicted octanol–water partition coefficient (Wildman–Crippen LogP) is 5.59. The van der Waals surface area contributed by atoms with Gasteiger partial charge in [-0.05, 0) is 99.0 Å². The fraction of sp³-hybridized carbons (Fsp3) is 0.419. The number of amides is 2. The van der Waals surface area contributed by atoms with Crippen LogP contribution in [0.2, 0.25) is 0 Å². The van der Waals surface area contributed by atoms with Crippen LogP contribution >= 0.6 is 0 Å². The first-order valence-corrected chi connectivity index (χ1v) is 13.4. The average molecular weight is 486 g/mol. The Morgan fingerprint density at radius 1 is 0.917 bits per heavy atom. The molecule has 1 saturated heterocycles. The minimum atomic E-state index is -0.124. The van der Waals surface area contributed by atoms with E-state index in [1.165, 1.54) is 12.8 Å². The maximum Gasteiger partial charge on any atom is 0.251 e. The summed E-state index contributed by atoms with van der Waals surface area (Å²) in [5.41, 5.74) is 4.42. The predicted molar refractivity (Wildman–Crippen MR) is 147 cm³/mol. The number of rotatable bonds is 10. The molecule has 2 amide bonds. The summed E-state index contributed by atoms with van der Waals surface area (Å²) in [6, 6.07) is 16.0. The van der Waals surface area contributed by atoms with Crippen molar-refractivity contribution in [3.8, 4) is 0 Å². The number of carbonyl (C=O) groups excluding carboxylic acids is 2. The number of hydrogen-bond donors (Lipinski definition) is 2. The molecule has 2 N–H and O–H groups in total. The fourth-order valence-corrected chi connectivity index (χ4v) is 4.90. The van der Waals surface area contributed by atoms with E-state index in [1.54, 1.807) is 0 Å². The molecule has 0 unspecified atom stereocenters. The van der Waals surface area contributed by atoms with Crippen LogP contribution in [0.1, 0.15) is 77.8 Å². The molecule has 0 atom stereocenters. The van der Waals surface area contributed by atoms with Crippen molar-refractivity contribution in [2.24, 2.45) is 5.92 Å². The number of allylic oxidation sites excluding steroid dienone is 4. The van der Waals surface area contributed by atoms with Crippen molar-refractivity contribution in [3.05, 3.63) is 89.0 Å². The summed E-state index contributed by atoms with van der Waals surface area (Å²) >= 11 is 0. The highest BCUT2D eigenvalue weighted by molar-refractivity contribution is 5.95. The van der Waals surface area contributed by atoms with Crippen LogP contribution < -0.4 is 10.6 Å². The summed E-state index contributed by atoms with van der Waals surface area (Å²) in [6.07, 6.45) is 12.3. The van der Waals surface area contributed by atoms with Gasteiger partial charge in [-0.2, -0.15) is 0 Å². The van der Waals surface area contributed by atoms with Gasteiger partial charge in [-0.1, -0.05) is 49.4 Å². The maximum atomic E-state index is 12.7. The summed E-state index contributed by atoms with van der Waals surface area (Å²) in [4.78, 5) is 28.0. The maximum absolute atomic E-state index is 12.7. The second-order valence-electron chi connectivity index (χ2n) is 9.95. The van der Waals surface area contributed by atoms with Crippen molar-refractivity contribution < 1.29 is 9.59 Å². The number of piperidine rings is 1. The molecule has 36 heavy (non-hydrogen) atoms. The number of hydrogen-bond acceptors (Lipinski definition) is 3. The standard InChI is InChI=1S/C31H39N3O2/c1-3-6-25(7-4-2)26-10-12-27(13-11-26)30(35)33-22-24-8-5-9-28(20-24)31(36)32-21-23-16-18-34(19-17-23)29-14-15-29/h3,5-13,20,23,29H,4,14-19,21-22H2,1-2H3,(H,32,36)(H,33,35)/b6-3-,25-7+. The Hall–Kier alpha value is -3.18. The van der Waals surface area contributed by atoms with Gasteiger partial charge >= 0.3 is 0 Å². The SMILES string of the molecule is C/C=C\C(=C/CC)c1ccc(C(=O)NCc2cccc(C(=O)NCC3CCN(C4CC4)CC3)c2)cc1. The van der Waals surface area contributed by atoms with Gasteiger partial charge < -0.3 is 15.5 Å². The van der Waals surface area contributed by atoms with Crippen LogP contribution in [0.25, 0.3) is 5.57 Å². The topological polar surface area (TPSA) is 61.4 Å². The number of nitrogens with zero attached hydrogens (tertiary/aromatic N) is 1. The Labute approximate surface area is 215 Å². The first kappa shape index (κ1) is 25.9. The summed E-state index contributed by atoms with van der Waals surface area (Å²) in [5.74, 6) is 0.394. The fourth-order valence-electron chi connectivity index (χ4n) is 4.90. The van der Waals surface area contributed by atoms with Gasteiger partial charge in [-0.25, -0.2) is 0 Å². The average Bonchev–Trinajstić information content (AvgIpc) is 3.76. The molecule has 1 aliphatic heterocycles. The van der Waals surface area contributed by atoms with Gasteiger partial charge in [0.15, 0.2) is 0 Å². The summed E-state index contributed by atoms with van der Waals surface area (Å²) in [6.45, 7) is 7.55. The molecule has 1 aliphatic carbocycles. The van der Waals surface area contributed by atoms with Crippen molar-refractivity contribution in [1.82, 2.24) is 15.5 Å². The van der Waals surface area contributed by atoms with Crippen LogP contribution in [0.3, 0.4) is 0 Å². The van der Waals surface area contributed by atoms with Crippen molar-refractivity contribution in [3.63, 3.8) is 0 Å². The normalized spacial score (nSPS) is 17.3. The second-order valence-corrected chi connectivity index (χ2v) is 9.95. The number of likely N-dealkylation sites (tertiary alicyclic amines) is 1. The molecule has 2 fully saturated rings. The van der Waals surface area contributed by atoms with Crippen molar-refractivity contribution in [2.45, 2.75) is 58.5 Å². The smallest absolute Gasteiger partial charge is 0.251 e. The third kappa shape index (κ3) is 7.17. The largest absolute Gasteiger partial charge is 0.352 e. The van der Waals surface area contributed by atoms with Gasteiger partial charge in [0.25, 0.3) is 11.8 Å². The number of benzene rings is 2. The molecular formula is C31H39N3O2. The Morgan fingerprint density at radius 2 is 1.61 bits per heavy atom. The van der Waals surface area contributed by atoms with Crippen LogP contribution in [0, 0.1) is 5.92 Å². The van der Waals surface area contributed by atoms with E-state index in [4.69, 9.17) is 0 Å². The van der Waals surface area contributed by atoms with E-state index in [1.807, 2.05) is 61.5 Å². The minimum Gasteiger partial charge on any atom is -0.352 e. The molecule has 0 spiro atoms. The number of carbonyl (C=O) groups is 2. The van der Waals surface area contributed by atoms with E-state index in [9.17, 15) is 9.59 Å². The summed E-state index contributed by atoms with van der Waals surface area (Å²) < 4.78 is 0. The van der Waals surface area contributed by atoms with Crippen LogP contribution in [-0.2, 0) is 6.54 Å². The zero-order valence-electron chi connectivity index (χ0n) is 21.6. The molecule has 0 bridgehead atoms. The minimum absolute atomic E-state index is 0.0412. The second kappa shape index (κ2) is 12.7. The molecular weight excluding hydrogens is 446 g/mol. The van der Waals surface area contributed by atoms with E-state index in [2.05, 4.69) is 34.6 Å². The molecule has 5 heteroatoms. The molecule has 4 rings (SSSR count). The molecule has 2 aliphatic rings. The zero-order chi connectivity index (χ0) is 25.3. The van der Waals surface area contributed by atoms with E-state index in [-0.39, 0.29) is 11.8 Å². The van der Waals surface area contributed by atoms with E-state index in [0.29, 0.717) is 23.6 Å². The third-order valence-electron chi connectivity index (χ3n) is 7.16. The lowest BCUT2D eigenvalue weighted by molar-refractivity contribution is 0.0933. The Kier molecular flexibility index (Phi) is 9.12. The molecule has 2 aromatic rings. The zero-order valence-corrected chi connectivity index (χ0v) is 21.6. The highest BCUT2D eigenvalue weighted by Gasteiger charge is 2.31. The monoisotopic (exact) mass is 485 g/mol. The molecule has 0 radical (unpaired) electrons. The molecule has 0 aromatic heterocycles. The lowest BCUT2D eigenvalue weighted by atomic mass is 9.96. The summed E-state index contributed by atoms with van der Waals surface area (Å²) in [7, 11) is 0.